The number of allylic oxidation sites excluding steroid dienone is 2. The second kappa shape index (κ2) is 15.2. The summed E-state index contributed by atoms with van der Waals surface area (Å²) in [7, 11) is 1.55. The predicted octanol–water partition coefficient (Wildman–Crippen LogP) is 6.12. The highest BCUT2D eigenvalue weighted by Crippen LogP contribution is 2.30. The van der Waals surface area contributed by atoms with Crippen molar-refractivity contribution in [3.05, 3.63) is 107 Å². The maximum Gasteiger partial charge on any atom is 0.143 e. The summed E-state index contributed by atoms with van der Waals surface area (Å²) >= 11 is 0. The Bertz CT molecular complexity index is 1310. The average Bonchev–Trinajstić information content (AvgIpc) is 2.97. The number of nitriles is 1. The van der Waals surface area contributed by atoms with Crippen molar-refractivity contribution in [2.45, 2.75) is 39.1 Å². The van der Waals surface area contributed by atoms with Gasteiger partial charge in [-0.1, -0.05) is 60.7 Å². The number of hydrogen-bond acceptors (Lipinski definition) is 6. The van der Waals surface area contributed by atoms with E-state index in [4.69, 9.17) is 9.47 Å². The number of benzene rings is 3. The minimum atomic E-state index is -0.175. The third-order valence-electron chi connectivity index (χ3n) is 6.03. The smallest absolute Gasteiger partial charge is 0.143 e. The Balaban J connectivity index is 2.04. The van der Waals surface area contributed by atoms with Gasteiger partial charge in [-0.05, 0) is 54.2 Å². The third kappa shape index (κ3) is 7.91. The molecular weight excluding hydrogens is 476 g/mol. The Kier molecular flexibility index (Phi) is 11.3. The highest BCUT2D eigenvalue weighted by Gasteiger charge is 2.14. The van der Waals surface area contributed by atoms with Crippen LogP contribution in [0, 0.1) is 11.3 Å². The van der Waals surface area contributed by atoms with Crippen LogP contribution >= 0.6 is 0 Å². The zero-order chi connectivity index (χ0) is 27.2. The maximum atomic E-state index is 10.1. The molecule has 0 saturated carbocycles. The van der Waals surface area contributed by atoms with Crippen LogP contribution in [-0.2, 0) is 19.8 Å². The molecule has 2 N–H and O–H groups in total. The van der Waals surface area contributed by atoms with Gasteiger partial charge in [0.25, 0.3) is 0 Å². The summed E-state index contributed by atoms with van der Waals surface area (Å²) in [5.74, 6) is 1.10. The van der Waals surface area contributed by atoms with E-state index in [1.807, 2.05) is 66.7 Å². The molecule has 0 heterocycles. The summed E-state index contributed by atoms with van der Waals surface area (Å²) in [5, 5.41) is 29.6. The van der Waals surface area contributed by atoms with Crippen LogP contribution in [0.25, 0.3) is 11.6 Å². The molecule has 0 spiro atoms. The zero-order valence-electron chi connectivity index (χ0n) is 21.8. The van der Waals surface area contributed by atoms with E-state index in [0.29, 0.717) is 47.1 Å². The number of aliphatic hydroxyl groups excluding tert-OH is 2. The number of ether oxygens (including phenoxy) is 2. The molecule has 0 fully saturated rings. The van der Waals surface area contributed by atoms with Crippen LogP contribution in [0.5, 0.6) is 11.5 Å². The molecule has 196 valence electrons. The van der Waals surface area contributed by atoms with E-state index < -0.39 is 0 Å². The molecule has 0 atom stereocenters. The van der Waals surface area contributed by atoms with Crippen molar-refractivity contribution in [3.8, 4) is 17.6 Å². The van der Waals surface area contributed by atoms with Gasteiger partial charge in [0, 0.05) is 23.2 Å². The molecule has 0 aliphatic carbocycles. The van der Waals surface area contributed by atoms with Gasteiger partial charge in [-0.25, -0.2) is 0 Å². The molecule has 0 aliphatic rings. The largest absolute Gasteiger partial charge is 0.496 e. The van der Waals surface area contributed by atoms with Crippen LogP contribution in [0.4, 0.5) is 0 Å². The van der Waals surface area contributed by atoms with Crippen molar-refractivity contribution in [3.63, 3.8) is 0 Å². The first-order valence-electron chi connectivity index (χ1n) is 12.6. The molecule has 0 aliphatic heterocycles. The predicted molar refractivity (Wildman–Crippen MR) is 152 cm³/mol. The van der Waals surface area contributed by atoms with Crippen LogP contribution < -0.4 is 9.47 Å². The second-order valence-corrected chi connectivity index (χ2v) is 8.67. The molecule has 0 radical (unpaired) electrons. The minimum absolute atomic E-state index is 0.139. The van der Waals surface area contributed by atoms with Gasteiger partial charge in [0.15, 0.2) is 0 Å². The zero-order valence-corrected chi connectivity index (χ0v) is 21.8. The van der Waals surface area contributed by atoms with E-state index in [9.17, 15) is 15.5 Å². The SMILES string of the molecule is C=CCCCCN=C(C#N)/C(=C/c1ccc(CO)c(OC)c1)c1ccc(CO)c(OCc2ccccc2)c1. The molecule has 6 heteroatoms. The molecule has 38 heavy (non-hydrogen) atoms. The van der Waals surface area contributed by atoms with E-state index in [-0.39, 0.29) is 13.2 Å². The number of hydrogen-bond donors (Lipinski definition) is 2. The number of aliphatic hydroxyl groups is 2. The quantitative estimate of drug-likeness (QED) is 0.118. The highest BCUT2D eigenvalue weighted by molar-refractivity contribution is 6.34. The lowest BCUT2D eigenvalue weighted by molar-refractivity contribution is 0.259. The first kappa shape index (κ1) is 28.4. The van der Waals surface area contributed by atoms with Crippen LogP contribution in [0.15, 0.2) is 84.4 Å². The fraction of sp³-hybridized carbons (Fsp3) is 0.250. The van der Waals surface area contributed by atoms with E-state index in [1.54, 1.807) is 19.2 Å². The number of rotatable bonds is 14. The van der Waals surface area contributed by atoms with Crippen molar-refractivity contribution < 1.29 is 19.7 Å². The summed E-state index contributed by atoms with van der Waals surface area (Å²) in [4.78, 5) is 4.62. The van der Waals surface area contributed by atoms with Crippen molar-refractivity contribution >= 4 is 17.4 Å². The number of unbranched alkanes of at least 4 members (excludes halogenated alkanes) is 2. The van der Waals surface area contributed by atoms with Gasteiger partial charge in [-0.2, -0.15) is 5.26 Å². The van der Waals surface area contributed by atoms with Gasteiger partial charge >= 0.3 is 0 Å². The number of methoxy groups -OCH3 is 1. The lowest BCUT2D eigenvalue weighted by Gasteiger charge is -2.14. The molecule has 3 aromatic rings. The first-order chi connectivity index (χ1) is 18.6. The summed E-state index contributed by atoms with van der Waals surface area (Å²) in [6.45, 7) is 4.31. The van der Waals surface area contributed by atoms with E-state index in [0.717, 1.165) is 36.0 Å². The molecule has 3 rings (SSSR count). The van der Waals surface area contributed by atoms with E-state index in [1.165, 1.54) is 0 Å². The maximum absolute atomic E-state index is 10.1. The molecule has 0 bridgehead atoms. The van der Waals surface area contributed by atoms with Gasteiger partial charge in [0.05, 0.1) is 20.3 Å². The van der Waals surface area contributed by atoms with E-state index >= 15 is 0 Å². The molecular formula is C32H34N2O4. The Morgan fingerprint density at radius 1 is 0.974 bits per heavy atom. The van der Waals surface area contributed by atoms with E-state index in [2.05, 4.69) is 17.6 Å². The van der Waals surface area contributed by atoms with Gasteiger partial charge in [0.1, 0.15) is 29.9 Å². The fourth-order valence-electron chi connectivity index (χ4n) is 3.93. The van der Waals surface area contributed by atoms with Crippen molar-refractivity contribution in [1.82, 2.24) is 0 Å². The van der Waals surface area contributed by atoms with Crippen molar-refractivity contribution in [1.29, 1.82) is 5.26 Å². The fourth-order valence-corrected chi connectivity index (χ4v) is 3.93. The number of nitrogens with zero attached hydrogens (tertiary/aromatic N) is 2. The standard InChI is InChI=1S/C32H34N2O4/c1-3-4-5-9-16-34-30(20-33)29(17-25-12-13-27(21-35)31(18-25)37-2)26-14-15-28(22-36)32(19-26)38-23-24-10-7-6-8-11-24/h3,6-8,10-15,17-19,35-36H,1,4-5,9,16,21-23H2,2H3/b29-17+,34-30?. The summed E-state index contributed by atoms with van der Waals surface area (Å²) in [5.41, 5.74) is 4.80. The topological polar surface area (TPSA) is 95.1 Å². The Hall–Kier alpha value is -4.18. The monoisotopic (exact) mass is 510 g/mol. The highest BCUT2D eigenvalue weighted by atomic mass is 16.5. The molecule has 6 nitrogen and oxygen atoms in total. The van der Waals surface area contributed by atoms with Gasteiger partial charge in [0.2, 0.25) is 0 Å². The minimum Gasteiger partial charge on any atom is -0.496 e. The Labute approximate surface area is 224 Å². The Morgan fingerprint density at radius 2 is 1.71 bits per heavy atom. The summed E-state index contributed by atoms with van der Waals surface area (Å²) in [6.07, 6.45) is 6.46. The molecule has 0 aromatic heterocycles. The van der Waals surface area contributed by atoms with Crippen LogP contribution in [0.1, 0.15) is 47.1 Å². The van der Waals surface area contributed by atoms with Crippen LogP contribution in [-0.4, -0.2) is 29.6 Å². The average molecular weight is 511 g/mol. The molecule has 0 unspecified atom stereocenters. The third-order valence-corrected chi connectivity index (χ3v) is 6.03. The lowest BCUT2D eigenvalue weighted by Crippen LogP contribution is -2.04. The lowest BCUT2D eigenvalue weighted by atomic mass is 9.96. The molecule has 0 saturated heterocycles. The van der Waals surface area contributed by atoms with Gasteiger partial charge < -0.3 is 19.7 Å². The Morgan fingerprint density at radius 3 is 2.39 bits per heavy atom. The van der Waals surface area contributed by atoms with Crippen molar-refractivity contribution in [2.75, 3.05) is 13.7 Å². The van der Waals surface area contributed by atoms with Gasteiger partial charge in [-0.3, -0.25) is 4.99 Å². The van der Waals surface area contributed by atoms with Crippen LogP contribution in [0.3, 0.4) is 0 Å². The van der Waals surface area contributed by atoms with Crippen molar-refractivity contribution in [2.24, 2.45) is 4.99 Å². The normalized spacial score (nSPS) is 11.6. The molecule has 3 aromatic carbocycles. The summed E-state index contributed by atoms with van der Waals surface area (Å²) in [6, 6.07) is 23.0. The first-order valence-corrected chi connectivity index (χ1v) is 12.6. The van der Waals surface area contributed by atoms with Crippen LogP contribution in [0.2, 0.25) is 0 Å². The summed E-state index contributed by atoms with van der Waals surface area (Å²) < 4.78 is 11.5. The molecule has 0 amide bonds. The van der Waals surface area contributed by atoms with Gasteiger partial charge in [-0.15, -0.1) is 6.58 Å². The second-order valence-electron chi connectivity index (χ2n) is 8.67. The number of aliphatic imine (C=N–C) groups is 1.